The molecule has 2 heteroatoms. The van der Waals surface area contributed by atoms with Crippen LogP contribution in [-0.2, 0) is 0 Å². The molecule has 0 amide bonds. The first-order chi connectivity index (χ1) is 9.69. The lowest BCUT2D eigenvalue weighted by Gasteiger charge is -2.31. The maximum absolute atomic E-state index is 13.1. The predicted octanol–water partition coefficient (Wildman–Crippen LogP) is 5.23. The van der Waals surface area contributed by atoms with Crippen LogP contribution >= 0.6 is 0 Å². The maximum Gasteiger partial charge on any atom is 0.123 e. The highest BCUT2D eigenvalue weighted by Gasteiger charge is 2.21. The number of rotatable bonds is 6. The SMILES string of the molecule is CCCCC(NC1CCC(C)CC1)c1ccc(F)cc1. The molecular weight excluding hydrogens is 249 g/mol. The van der Waals surface area contributed by atoms with Gasteiger partial charge in [0, 0.05) is 12.1 Å². The van der Waals surface area contributed by atoms with Gasteiger partial charge in [-0.2, -0.15) is 0 Å². The van der Waals surface area contributed by atoms with Crippen LogP contribution in [0.3, 0.4) is 0 Å². The third-order valence-corrected chi connectivity index (χ3v) is 4.57. The summed E-state index contributed by atoms with van der Waals surface area (Å²) in [5.41, 5.74) is 1.23. The van der Waals surface area contributed by atoms with Crippen molar-refractivity contribution in [1.82, 2.24) is 5.32 Å². The Bertz CT molecular complexity index is 379. The highest BCUT2D eigenvalue weighted by atomic mass is 19.1. The highest BCUT2D eigenvalue weighted by molar-refractivity contribution is 5.20. The van der Waals surface area contributed by atoms with Crippen molar-refractivity contribution in [2.75, 3.05) is 0 Å². The van der Waals surface area contributed by atoms with Gasteiger partial charge < -0.3 is 5.32 Å². The van der Waals surface area contributed by atoms with Gasteiger partial charge in [0.25, 0.3) is 0 Å². The molecule has 1 atom stereocenters. The van der Waals surface area contributed by atoms with Crippen molar-refractivity contribution in [1.29, 1.82) is 0 Å². The molecule has 1 aliphatic rings. The van der Waals surface area contributed by atoms with E-state index in [9.17, 15) is 4.39 Å². The van der Waals surface area contributed by atoms with E-state index in [0.29, 0.717) is 12.1 Å². The summed E-state index contributed by atoms with van der Waals surface area (Å²) in [5, 5.41) is 3.82. The fourth-order valence-electron chi connectivity index (χ4n) is 3.16. The molecule has 1 aliphatic carbocycles. The molecule has 1 aromatic rings. The van der Waals surface area contributed by atoms with E-state index in [1.165, 1.54) is 44.1 Å². The maximum atomic E-state index is 13.1. The topological polar surface area (TPSA) is 12.0 Å². The van der Waals surface area contributed by atoms with E-state index in [2.05, 4.69) is 19.2 Å². The van der Waals surface area contributed by atoms with Gasteiger partial charge >= 0.3 is 0 Å². The summed E-state index contributed by atoms with van der Waals surface area (Å²) in [6.07, 6.45) is 8.81. The third-order valence-electron chi connectivity index (χ3n) is 4.57. The van der Waals surface area contributed by atoms with E-state index in [0.717, 1.165) is 12.3 Å². The van der Waals surface area contributed by atoms with Crippen molar-refractivity contribution in [3.8, 4) is 0 Å². The number of nitrogens with one attached hydrogen (secondary N) is 1. The predicted molar refractivity (Wildman–Crippen MR) is 83.2 cm³/mol. The van der Waals surface area contributed by atoms with E-state index in [1.807, 2.05) is 12.1 Å². The summed E-state index contributed by atoms with van der Waals surface area (Å²) in [7, 11) is 0. The molecule has 0 bridgehead atoms. The number of hydrogen-bond donors (Lipinski definition) is 1. The quantitative estimate of drug-likeness (QED) is 0.751. The molecule has 112 valence electrons. The normalized spacial score (nSPS) is 24.6. The Morgan fingerprint density at radius 3 is 2.40 bits per heavy atom. The average Bonchev–Trinajstić information content (AvgIpc) is 2.46. The van der Waals surface area contributed by atoms with Crippen LogP contribution < -0.4 is 5.32 Å². The van der Waals surface area contributed by atoms with Crippen LogP contribution in [0.5, 0.6) is 0 Å². The second-order valence-corrected chi connectivity index (χ2v) is 6.37. The van der Waals surface area contributed by atoms with Crippen LogP contribution in [-0.4, -0.2) is 6.04 Å². The lowest BCUT2D eigenvalue weighted by molar-refractivity contribution is 0.280. The van der Waals surface area contributed by atoms with Gasteiger partial charge in [-0.15, -0.1) is 0 Å². The number of halogens is 1. The van der Waals surface area contributed by atoms with Crippen molar-refractivity contribution >= 4 is 0 Å². The van der Waals surface area contributed by atoms with E-state index in [1.54, 1.807) is 12.1 Å². The van der Waals surface area contributed by atoms with Crippen molar-refractivity contribution in [3.05, 3.63) is 35.6 Å². The van der Waals surface area contributed by atoms with Crippen LogP contribution in [0.15, 0.2) is 24.3 Å². The molecule has 2 rings (SSSR count). The molecule has 1 fully saturated rings. The zero-order valence-corrected chi connectivity index (χ0v) is 12.9. The molecule has 1 N–H and O–H groups in total. The van der Waals surface area contributed by atoms with Crippen LogP contribution in [0.4, 0.5) is 4.39 Å². The second-order valence-electron chi connectivity index (χ2n) is 6.37. The summed E-state index contributed by atoms with van der Waals surface area (Å²) >= 11 is 0. The van der Waals surface area contributed by atoms with Gasteiger partial charge in [-0.05, 0) is 55.7 Å². The Morgan fingerprint density at radius 1 is 1.15 bits per heavy atom. The van der Waals surface area contributed by atoms with Gasteiger partial charge in [-0.25, -0.2) is 4.39 Å². The zero-order valence-electron chi connectivity index (χ0n) is 12.9. The minimum atomic E-state index is -0.144. The lowest BCUT2D eigenvalue weighted by atomic mass is 9.86. The van der Waals surface area contributed by atoms with Crippen molar-refractivity contribution < 1.29 is 4.39 Å². The standard InChI is InChI=1S/C18H28FN/c1-3-4-5-18(15-8-10-16(19)11-9-15)20-17-12-6-14(2)7-13-17/h8-11,14,17-18,20H,3-7,12-13H2,1-2H3. The van der Waals surface area contributed by atoms with Crippen LogP contribution in [0, 0.1) is 11.7 Å². The van der Waals surface area contributed by atoms with E-state index >= 15 is 0 Å². The number of benzene rings is 1. The summed E-state index contributed by atoms with van der Waals surface area (Å²) in [4.78, 5) is 0. The molecular formula is C18H28FN. The molecule has 0 heterocycles. The molecule has 1 aromatic carbocycles. The molecule has 1 saturated carbocycles. The Balaban J connectivity index is 1.97. The van der Waals surface area contributed by atoms with Gasteiger partial charge in [-0.3, -0.25) is 0 Å². The van der Waals surface area contributed by atoms with Gasteiger partial charge in [0.15, 0.2) is 0 Å². The number of unbranched alkanes of at least 4 members (excludes halogenated alkanes) is 1. The fraction of sp³-hybridized carbons (Fsp3) is 0.667. The molecule has 0 aromatic heterocycles. The third kappa shape index (κ3) is 4.59. The van der Waals surface area contributed by atoms with Crippen molar-refractivity contribution in [2.24, 2.45) is 5.92 Å². The van der Waals surface area contributed by atoms with Gasteiger partial charge in [0.1, 0.15) is 5.82 Å². The Kier molecular flexibility index (Phi) is 6.03. The summed E-state index contributed by atoms with van der Waals surface area (Å²) in [6.45, 7) is 4.58. The van der Waals surface area contributed by atoms with E-state index < -0.39 is 0 Å². The van der Waals surface area contributed by atoms with Crippen LogP contribution in [0.2, 0.25) is 0 Å². The van der Waals surface area contributed by atoms with Crippen LogP contribution in [0.25, 0.3) is 0 Å². The van der Waals surface area contributed by atoms with Gasteiger partial charge in [0.2, 0.25) is 0 Å². The van der Waals surface area contributed by atoms with Crippen molar-refractivity contribution in [2.45, 2.75) is 70.9 Å². The Morgan fingerprint density at radius 2 is 1.80 bits per heavy atom. The second kappa shape index (κ2) is 7.78. The molecule has 0 saturated heterocycles. The van der Waals surface area contributed by atoms with Gasteiger partial charge in [0.05, 0.1) is 0 Å². The average molecular weight is 277 g/mol. The number of hydrogen-bond acceptors (Lipinski definition) is 1. The first-order valence-corrected chi connectivity index (χ1v) is 8.20. The minimum absolute atomic E-state index is 0.144. The largest absolute Gasteiger partial charge is 0.307 e. The zero-order chi connectivity index (χ0) is 14.4. The van der Waals surface area contributed by atoms with E-state index in [4.69, 9.17) is 0 Å². The summed E-state index contributed by atoms with van der Waals surface area (Å²) < 4.78 is 13.1. The first-order valence-electron chi connectivity index (χ1n) is 8.20. The Labute approximate surface area is 123 Å². The molecule has 0 spiro atoms. The van der Waals surface area contributed by atoms with Crippen LogP contribution in [0.1, 0.15) is 70.4 Å². The fourth-order valence-corrected chi connectivity index (χ4v) is 3.16. The highest BCUT2D eigenvalue weighted by Crippen LogP contribution is 2.27. The monoisotopic (exact) mass is 277 g/mol. The minimum Gasteiger partial charge on any atom is -0.307 e. The molecule has 1 nitrogen and oxygen atoms in total. The smallest absolute Gasteiger partial charge is 0.123 e. The van der Waals surface area contributed by atoms with E-state index in [-0.39, 0.29) is 5.82 Å². The molecule has 1 unspecified atom stereocenters. The molecule has 20 heavy (non-hydrogen) atoms. The van der Waals surface area contributed by atoms with Crippen molar-refractivity contribution in [3.63, 3.8) is 0 Å². The first kappa shape index (κ1) is 15.5. The summed E-state index contributed by atoms with van der Waals surface area (Å²) in [5.74, 6) is 0.738. The summed E-state index contributed by atoms with van der Waals surface area (Å²) in [6, 6.07) is 8.06. The Hall–Kier alpha value is -0.890. The molecule has 0 radical (unpaired) electrons. The van der Waals surface area contributed by atoms with Gasteiger partial charge in [-0.1, -0.05) is 38.8 Å². The molecule has 0 aliphatic heterocycles. The lowest BCUT2D eigenvalue weighted by Crippen LogP contribution is -2.35.